The zero-order valence-electron chi connectivity index (χ0n) is 17.6. The lowest BCUT2D eigenvalue weighted by Crippen LogP contribution is -2.45. The molecular formula is C23H25N3O5S. The SMILES string of the molecule is O=C1COc2ccc(S(=O)(=O)N3CCC(C(=O)N4CCc5ccccc5C4)CC3)cc2N1. The molecule has 1 N–H and O–H groups in total. The van der Waals surface area contributed by atoms with Gasteiger partial charge in [-0.3, -0.25) is 9.59 Å². The van der Waals surface area contributed by atoms with E-state index in [-0.39, 0.29) is 29.2 Å². The van der Waals surface area contributed by atoms with E-state index in [9.17, 15) is 18.0 Å². The standard InChI is InChI=1S/C23H25N3O5S/c27-22-15-31-21-6-5-19(13-20(21)24-22)32(29,30)26-11-8-17(9-12-26)23(28)25-10-7-16-3-1-2-4-18(16)14-25/h1-6,13,17H,7-12,14-15H2,(H,24,27). The number of hydrogen-bond acceptors (Lipinski definition) is 5. The maximum Gasteiger partial charge on any atom is 0.262 e. The highest BCUT2D eigenvalue weighted by atomic mass is 32.2. The second-order valence-corrected chi connectivity index (χ2v) is 10.4. The van der Waals surface area contributed by atoms with Crippen molar-refractivity contribution in [2.75, 3.05) is 31.6 Å². The summed E-state index contributed by atoms with van der Waals surface area (Å²) in [4.78, 5) is 26.7. The number of hydrogen-bond donors (Lipinski definition) is 1. The summed E-state index contributed by atoms with van der Waals surface area (Å²) in [7, 11) is -3.73. The monoisotopic (exact) mass is 455 g/mol. The van der Waals surface area contributed by atoms with Gasteiger partial charge in [0.2, 0.25) is 15.9 Å². The highest BCUT2D eigenvalue weighted by molar-refractivity contribution is 7.89. The van der Waals surface area contributed by atoms with Gasteiger partial charge in [0.15, 0.2) is 6.61 Å². The van der Waals surface area contributed by atoms with Crippen LogP contribution in [-0.4, -0.2) is 55.7 Å². The number of fused-ring (bicyclic) bond motifs is 2. The summed E-state index contributed by atoms with van der Waals surface area (Å²) in [5.41, 5.74) is 2.84. The summed E-state index contributed by atoms with van der Waals surface area (Å²) in [6, 6.07) is 12.7. The van der Waals surface area contributed by atoms with Crippen molar-refractivity contribution in [1.82, 2.24) is 9.21 Å². The maximum atomic E-state index is 13.1. The van der Waals surface area contributed by atoms with Crippen molar-refractivity contribution < 1.29 is 22.7 Å². The number of rotatable bonds is 3. The van der Waals surface area contributed by atoms with Crippen LogP contribution in [0.4, 0.5) is 5.69 Å². The van der Waals surface area contributed by atoms with Crippen LogP contribution < -0.4 is 10.1 Å². The minimum absolute atomic E-state index is 0.0801. The van der Waals surface area contributed by atoms with Crippen molar-refractivity contribution in [3.63, 3.8) is 0 Å². The summed E-state index contributed by atoms with van der Waals surface area (Å²) >= 11 is 0. The van der Waals surface area contributed by atoms with Gasteiger partial charge in [-0.15, -0.1) is 0 Å². The van der Waals surface area contributed by atoms with E-state index in [0.29, 0.717) is 50.5 Å². The molecule has 32 heavy (non-hydrogen) atoms. The number of amides is 2. The topological polar surface area (TPSA) is 96.0 Å². The Hall–Kier alpha value is -2.91. The van der Waals surface area contributed by atoms with Crippen LogP contribution in [0.15, 0.2) is 47.4 Å². The molecule has 3 heterocycles. The van der Waals surface area contributed by atoms with Crippen molar-refractivity contribution in [1.29, 1.82) is 0 Å². The Morgan fingerprint density at radius 3 is 2.56 bits per heavy atom. The van der Waals surface area contributed by atoms with Gasteiger partial charge in [0.1, 0.15) is 5.75 Å². The predicted molar refractivity (Wildman–Crippen MR) is 118 cm³/mol. The highest BCUT2D eigenvalue weighted by Gasteiger charge is 2.35. The van der Waals surface area contributed by atoms with Crippen LogP contribution in [-0.2, 0) is 32.6 Å². The number of anilines is 1. The molecule has 168 valence electrons. The fourth-order valence-corrected chi connectivity index (χ4v) is 6.15. The maximum absolute atomic E-state index is 13.1. The normalized spacial score (nSPS) is 19.5. The average Bonchev–Trinajstić information content (AvgIpc) is 2.83. The molecule has 0 bridgehead atoms. The molecular weight excluding hydrogens is 430 g/mol. The molecule has 2 aromatic carbocycles. The second-order valence-electron chi connectivity index (χ2n) is 8.45. The quantitative estimate of drug-likeness (QED) is 0.764. The number of ether oxygens (including phenoxy) is 1. The Morgan fingerprint density at radius 1 is 1.03 bits per heavy atom. The van der Waals surface area contributed by atoms with E-state index in [0.717, 1.165) is 6.42 Å². The number of carbonyl (C=O) groups is 2. The molecule has 0 aromatic heterocycles. The molecule has 5 rings (SSSR count). The second kappa shape index (κ2) is 8.22. The first-order valence-electron chi connectivity index (χ1n) is 10.8. The molecule has 2 amide bonds. The van der Waals surface area contributed by atoms with E-state index in [1.807, 2.05) is 17.0 Å². The molecule has 3 aliphatic rings. The summed E-state index contributed by atoms with van der Waals surface area (Å²) < 4.78 is 33.0. The van der Waals surface area contributed by atoms with E-state index in [1.165, 1.54) is 27.6 Å². The molecule has 9 heteroatoms. The van der Waals surface area contributed by atoms with Crippen molar-refractivity contribution in [3.8, 4) is 5.75 Å². The molecule has 3 aliphatic heterocycles. The van der Waals surface area contributed by atoms with E-state index in [1.54, 1.807) is 6.07 Å². The third-order valence-corrected chi connectivity index (χ3v) is 8.36. The molecule has 0 atom stereocenters. The van der Waals surface area contributed by atoms with Gasteiger partial charge < -0.3 is 15.0 Å². The van der Waals surface area contributed by atoms with Crippen LogP contribution in [0, 0.1) is 5.92 Å². The first kappa shape index (κ1) is 21.0. The van der Waals surface area contributed by atoms with E-state index in [4.69, 9.17) is 4.74 Å². The lowest BCUT2D eigenvalue weighted by atomic mass is 9.94. The van der Waals surface area contributed by atoms with Gasteiger partial charge in [0.05, 0.1) is 10.6 Å². The molecule has 0 radical (unpaired) electrons. The van der Waals surface area contributed by atoms with Crippen LogP contribution >= 0.6 is 0 Å². The Bertz CT molecular complexity index is 1170. The largest absolute Gasteiger partial charge is 0.482 e. The van der Waals surface area contributed by atoms with Gasteiger partial charge in [-0.25, -0.2) is 8.42 Å². The molecule has 0 aliphatic carbocycles. The zero-order chi connectivity index (χ0) is 22.3. The first-order chi connectivity index (χ1) is 15.4. The Balaban J connectivity index is 1.24. The molecule has 0 spiro atoms. The number of nitrogens with zero attached hydrogens (tertiary/aromatic N) is 2. The summed E-state index contributed by atoms with van der Waals surface area (Å²) in [5, 5.41) is 2.64. The number of benzene rings is 2. The van der Waals surface area contributed by atoms with Gasteiger partial charge in [-0.2, -0.15) is 4.31 Å². The third kappa shape index (κ3) is 3.86. The van der Waals surface area contributed by atoms with E-state index < -0.39 is 10.0 Å². The Labute approximate surface area is 187 Å². The molecule has 2 aromatic rings. The van der Waals surface area contributed by atoms with E-state index >= 15 is 0 Å². The minimum Gasteiger partial charge on any atom is -0.482 e. The van der Waals surface area contributed by atoms with E-state index in [2.05, 4.69) is 17.4 Å². The molecule has 1 fully saturated rings. The van der Waals surface area contributed by atoms with Crippen LogP contribution in [0.1, 0.15) is 24.0 Å². The zero-order valence-corrected chi connectivity index (χ0v) is 18.4. The number of piperidine rings is 1. The highest BCUT2D eigenvalue weighted by Crippen LogP contribution is 2.33. The molecule has 0 unspecified atom stereocenters. The number of nitrogens with one attached hydrogen (secondary N) is 1. The van der Waals surface area contributed by atoms with Crippen LogP contribution in [0.2, 0.25) is 0 Å². The predicted octanol–water partition coefficient (Wildman–Crippen LogP) is 2.00. The summed E-state index contributed by atoms with van der Waals surface area (Å²) in [6.45, 7) is 1.84. The van der Waals surface area contributed by atoms with Gasteiger partial charge >= 0.3 is 0 Å². The Kier molecular flexibility index (Phi) is 5.38. The fourth-order valence-electron chi connectivity index (χ4n) is 4.66. The molecule has 1 saturated heterocycles. The fraction of sp³-hybridized carbons (Fsp3) is 0.391. The van der Waals surface area contributed by atoms with Gasteiger partial charge in [0, 0.05) is 32.1 Å². The third-order valence-electron chi connectivity index (χ3n) is 6.47. The van der Waals surface area contributed by atoms with Crippen LogP contribution in [0.3, 0.4) is 0 Å². The molecule has 0 saturated carbocycles. The summed E-state index contributed by atoms with van der Waals surface area (Å²) in [5.74, 6) is 0.0933. The van der Waals surface area contributed by atoms with Gasteiger partial charge in [-0.1, -0.05) is 24.3 Å². The first-order valence-corrected chi connectivity index (χ1v) is 12.3. The average molecular weight is 456 g/mol. The lowest BCUT2D eigenvalue weighted by Gasteiger charge is -2.35. The van der Waals surface area contributed by atoms with Crippen molar-refractivity contribution in [2.45, 2.75) is 30.7 Å². The van der Waals surface area contributed by atoms with Crippen LogP contribution in [0.25, 0.3) is 0 Å². The minimum atomic E-state index is -3.73. The smallest absolute Gasteiger partial charge is 0.262 e. The van der Waals surface area contributed by atoms with Crippen LogP contribution in [0.5, 0.6) is 5.75 Å². The number of sulfonamides is 1. The summed E-state index contributed by atoms with van der Waals surface area (Å²) in [6.07, 6.45) is 1.86. The van der Waals surface area contributed by atoms with Gasteiger partial charge in [-0.05, 0) is 48.6 Å². The Morgan fingerprint density at radius 2 is 1.78 bits per heavy atom. The number of carbonyl (C=O) groups excluding carboxylic acids is 2. The lowest BCUT2D eigenvalue weighted by molar-refractivity contribution is -0.137. The van der Waals surface area contributed by atoms with Crippen molar-refractivity contribution in [3.05, 3.63) is 53.6 Å². The van der Waals surface area contributed by atoms with Crippen molar-refractivity contribution in [2.24, 2.45) is 5.92 Å². The molecule has 8 nitrogen and oxygen atoms in total. The van der Waals surface area contributed by atoms with Crippen molar-refractivity contribution >= 4 is 27.5 Å². The van der Waals surface area contributed by atoms with Gasteiger partial charge in [0.25, 0.3) is 5.91 Å².